The molecule has 0 heteroatoms. The lowest BCUT2D eigenvalue weighted by Crippen LogP contribution is -1.85. The Balaban J connectivity index is 0.000000137. The van der Waals surface area contributed by atoms with Gasteiger partial charge in [-0.25, -0.2) is 0 Å². The van der Waals surface area contributed by atoms with Gasteiger partial charge in [-0.2, -0.15) is 0 Å². The second-order valence-electron chi connectivity index (χ2n) is 8.57. The van der Waals surface area contributed by atoms with E-state index in [4.69, 9.17) is 0 Å². The van der Waals surface area contributed by atoms with E-state index in [0.717, 1.165) is 0 Å². The van der Waals surface area contributed by atoms with Crippen LogP contribution in [0.2, 0.25) is 0 Å². The van der Waals surface area contributed by atoms with Crippen LogP contribution in [0.3, 0.4) is 0 Å². The maximum Gasteiger partial charge on any atom is -0.00264 e. The molecule has 0 aliphatic rings. The molecule has 0 spiro atoms. The lowest BCUT2D eigenvalue weighted by Gasteiger charge is -2.13. The third-order valence-electron chi connectivity index (χ3n) is 6.46. The van der Waals surface area contributed by atoms with Crippen molar-refractivity contribution in [3.05, 3.63) is 145 Å². The molecule has 0 unspecified atom stereocenters. The summed E-state index contributed by atoms with van der Waals surface area (Å²) < 4.78 is 0. The van der Waals surface area contributed by atoms with E-state index >= 15 is 0 Å². The number of fused-ring (bicyclic) bond motifs is 2. The summed E-state index contributed by atoms with van der Waals surface area (Å²) in [7, 11) is 0. The number of rotatable bonds is 2. The SMILES string of the molecule is C(=Cc1ccccc1)c1ccccc1.c1cc2cccc3c4cccc5cccc(c(c1)c23)c54. The predicted molar refractivity (Wildman–Crippen MR) is 149 cm³/mol. The Morgan fingerprint density at radius 3 is 0.941 bits per heavy atom. The van der Waals surface area contributed by atoms with Gasteiger partial charge in [-0.15, -0.1) is 0 Å². The zero-order valence-corrected chi connectivity index (χ0v) is 18.9. The Hall–Kier alpha value is -4.42. The molecule has 0 saturated carbocycles. The van der Waals surface area contributed by atoms with E-state index in [0.29, 0.717) is 0 Å². The average Bonchev–Trinajstić information content (AvgIpc) is 2.92. The Labute approximate surface area is 199 Å². The molecule has 7 aromatic rings. The predicted octanol–water partition coefficient (Wildman–Crippen LogP) is 9.59. The van der Waals surface area contributed by atoms with Crippen LogP contribution >= 0.6 is 0 Å². The van der Waals surface area contributed by atoms with Crippen molar-refractivity contribution in [2.75, 3.05) is 0 Å². The molecule has 7 aromatic carbocycles. The molecule has 0 saturated heterocycles. The average molecular weight is 433 g/mol. The van der Waals surface area contributed by atoms with E-state index in [1.807, 2.05) is 36.4 Å². The van der Waals surface area contributed by atoms with Crippen molar-refractivity contribution in [1.29, 1.82) is 0 Å². The van der Waals surface area contributed by atoms with E-state index < -0.39 is 0 Å². The fourth-order valence-corrected chi connectivity index (χ4v) is 4.90. The van der Waals surface area contributed by atoms with Crippen molar-refractivity contribution in [2.24, 2.45) is 0 Å². The molecule has 0 N–H and O–H groups in total. The fourth-order valence-electron chi connectivity index (χ4n) is 4.90. The highest BCUT2D eigenvalue weighted by Gasteiger charge is 2.11. The summed E-state index contributed by atoms with van der Waals surface area (Å²) in [6.07, 6.45) is 4.24. The Kier molecular flexibility index (Phi) is 5.26. The number of hydrogen-bond donors (Lipinski definition) is 0. The van der Waals surface area contributed by atoms with Crippen molar-refractivity contribution >= 4 is 55.2 Å². The van der Waals surface area contributed by atoms with Crippen LogP contribution in [0.4, 0.5) is 0 Å². The molecule has 0 bridgehead atoms. The van der Waals surface area contributed by atoms with Crippen LogP contribution in [0.1, 0.15) is 11.1 Å². The maximum atomic E-state index is 2.25. The van der Waals surface area contributed by atoms with Crippen molar-refractivity contribution in [2.45, 2.75) is 0 Å². The van der Waals surface area contributed by atoms with Crippen LogP contribution in [0.25, 0.3) is 55.2 Å². The highest BCUT2D eigenvalue weighted by atomic mass is 14.1. The molecule has 0 heterocycles. The first-order valence-corrected chi connectivity index (χ1v) is 11.7. The van der Waals surface area contributed by atoms with E-state index in [1.165, 1.54) is 54.2 Å². The van der Waals surface area contributed by atoms with Crippen LogP contribution in [-0.4, -0.2) is 0 Å². The molecule has 0 aliphatic heterocycles. The Morgan fingerprint density at radius 1 is 0.294 bits per heavy atom. The molecule has 0 aliphatic carbocycles. The fraction of sp³-hybridized carbons (Fsp3) is 0. The minimum Gasteiger partial charge on any atom is -0.0622 e. The van der Waals surface area contributed by atoms with Gasteiger partial charge in [0, 0.05) is 0 Å². The number of benzene rings is 7. The Bertz CT molecular complexity index is 1510. The van der Waals surface area contributed by atoms with Crippen LogP contribution in [0.15, 0.2) is 133 Å². The van der Waals surface area contributed by atoms with Gasteiger partial charge in [-0.3, -0.25) is 0 Å². The van der Waals surface area contributed by atoms with Gasteiger partial charge in [0.25, 0.3) is 0 Å². The van der Waals surface area contributed by atoms with Crippen molar-refractivity contribution in [3.8, 4) is 0 Å². The normalized spacial score (nSPS) is 11.4. The first kappa shape index (κ1) is 20.2. The summed E-state index contributed by atoms with van der Waals surface area (Å²) in [5, 5.41) is 10.9. The lowest BCUT2D eigenvalue weighted by atomic mass is 9.90. The zero-order valence-electron chi connectivity index (χ0n) is 18.9. The third-order valence-corrected chi connectivity index (χ3v) is 6.46. The van der Waals surface area contributed by atoms with Crippen LogP contribution in [0, 0.1) is 0 Å². The van der Waals surface area contributed by atoms with Gasteiger partial charge in [0.15, 0.2) is 0 Å². The van der Waals surface area contributed by atoms with Crippen molar-refractivity contribution in [3.63, 3.8) is 0 Å². The van der Waals surface area contributed by atoms with E-state index in [-0.39, 0.29) is 0 Å². The highest BCUT2D eigenvalue weighted by molar-refractivity contribution is 6.32. The molecule has 0 atom stereocenters. The van der Waals surface area contributed by atoms with Crippen LogP contribution in [0.5, 0.6) is 0 Å². The minimum absolute atomic E-state index is 1.23. The summed E-state index contributed by atoms with van der Waals surface area (Å²) in [5.74, 6) is 0. The minimum atomic E-state index is 1.23. The zero-order chi connectivity index (χ0) is 22.7. The summed E-state index contributed by atoms with van der Waals surface area (Å²) >= 11 is 0. The van der Waals surface area contributed by atoms with Gasteiger partial charge in [-0.1, -0.05) is 146 Å². The van der Waals surface area contributed by atoms with Gasteiger partial charge in [0.05, 0.1) is 0 Å². The van der Waals surface area contributed by atoms with E-state index in [2.05, 4.69) is 109 Å². The molecule has 0 nitrogen and oxygen atoms in total. The van der Waals surface area contributed by atoms with Gasteiger partial charge in [-0.05, 0) is 54.2 Å². The molecule has 0 fully saturated rings. The van der Waals surface area contributed by atoms with Crippen LogP contribution in [-0.2, 0) is 0 Å². The largest absolute Gasteiger partial charge is 0.0622 e. The first-order valence-electron chi connectivity index (χ1n) is 11.7. The Morgan fingerprint density at radius 2 is 0.618 bits per heavy atom. The lowest BCUT2D eigenvalue weighted by molar-refractivity contribution is 1.65. The molecule has 0 aromatic heterocycles. The first-order chi connectivity index (χ1) is 16.9. The molecule has 34 heavy (non-hydrogen) atoms. The van der Waals surface area contributed by atoms with Gasteiger partial charge < -0.3 is 0 Å². The van der Waals surface area contributed by atoms with Gasteiger partial charge in [0.2, 0.25) is 0 Å². The van der Waals surface area contributed by atoms with Gasteiger partial charge in [0.1, 0.15) is 0 Å². The second kappa shape index (κ2) is 8.84. The van der Waals surface area contributed by atoms with E-state index in [9.17, 15) is 0 Å². The molecule has 7 rings (SSSR count). The monoisotopic (exact) mass is 432 g/mol. The quantitative estimate of drug-likeness (QED) is 0.145. The van der Waals surface area contributed by atoms with E-state index in [1.54, 1.807) is 0 Å². The molecule has 160 valence electrons. The summed E-state index contributed by atoms with van der Waals surface area (Å²) in [6.45, 7) is 0. The van der Waals surface area contributed by atoms with Crippen molar-refractivity contribution < 1.29 is 0 Å². The molecule has 0 radical (unpaired) electrons. The number of hydrogen-bond acceptors (Lipinski definition) is 0. The van der Waals surface area contributed by atoms with Crippen molar-refractivity contribution in [1.82, 2.24) is 0 Å². The highest BCUT2D eigenvalue weighted by Crippen LogP contribution is 2.39. The summed E-state index contributed by atoms with van der Waals surface area (Å²) in [5.41, 5.74) is 2.47. The van der Waals surface area contributed by atoms with Crippen LogP contribution < -0.4 is 0 Å². The molecular weight excluding hydrogens is 408 g/mol. The third kappa shape index (κ3) is 3.70. The maximum absolute atomic E-state index is 2.25. The second-order valence-corrected chi connectivity index (χ2v) is 8.57. The topological polar surface area (TPSA) is 0 Å². The molecular formula is C34H24. The summed E-state index contributed by atoms with van der Waals surface area (Å²) in [4.78, 5) is 0. The van der Waals surface area contributed by atoms with Gasteiger partial charge >= 0.3 is 0 Å². The molecule has 0 amide bonds. The summed E-state index contributed by atoms with van der Waals surface area (Å²) in [6, 6.07) is 47.1. The standard InChI is InChI=1S/C20H12.C14H12/c1-5-13-6-2-11-17-18-12-4-8-14-7-3-10-16(20(14)18)15(9-1)19(13)17;1-3-7-13(8-4-1)11-12-14-9-5-2-6-10-14/h1-12H;1-12H. The smallest absolute Gasteiger partial charge is 0.00264 e.